The third-order valence-electron chi connectivity index (χ3n) is 3.17. The van der Waals surface area contributed by atoms with Crippen molar-refractivity contribution in [1.29, 1.82) is 5.26 Å². The number of likely N-dealkylation sites (tertiary alicyclic amines) is 1. The Morgan fingerprint density at radius 3 is 2.88 bits per heavy atom. The highest BCUT2D eigenvalue weighted by atomic mass is 15.1. The molecule has 0 aliphatic carbocycles. The largest absolute Gasteiger partial charge is 0.385 e. The maximum absolute atomic E-state index is 8.79. The lowest BCUT2D eigenvalue weighted by atomic mass is 10.2. The van der Waals surface area contributed by atoms with Gasteiger partial charge in [-0.05, 0) is 57.1 Å². The second-order valence-corrected chi connectivity index (χ2v) is 4.52. The molecule has 1 fully saturated rings. The number of hydrogen-bond donors (Lipinski definition) is 1. The van der Waals surface area contributed by atoms with Gasteiger partial charge in [0, 0.05) is 12.2 Å². The van der Waals surface area contributed by atoms with E-state index in [0.29, 0.717) is 0 Å². The highest BCUT2D eigenvalue weighted by Crippen LogP contribution is 2.10. The molecule has 0 atom stereocenters. The van der Waals surface area contributed by atoms with E-state index in [1.165, 1.54) is 32.5 Å². The monoisotopic (exact) mass is 229 g/mol. The van der Waals surface area contributed by atoms with Crippen molar-refractivity contribution in [3.8, 4) is 6.07 Å². The molecule has 0 bridgehead atoms. The minimum atomic E-state index is 0.717. The Morgan fingerprint density at radius 1 is 1.29 bits per heavy atom. The van der Waals surface area contributed by atoms with Crippen molar-refractivity contribution in [3.63, 3.8) is 0 Å². The van der Waals surface area contributed by atoms with Crippen molar-refractivity contribution in [3.05, 3.63) is 29.8 Å². The van der Waals surface area contributed by atoms with Crippen LogP contribution in [0.2, 0.25) is 0 Å². The summed E-state index contributed by atoms with van der Waals surface area (Å²) in [7, 11) is 0. The van der Waals surface area contributed by atoms with Crippen LogP contribution >= 0.6 is 0 Å². The lowest BCUT2D eigenvalue weighted by Crippen LogP contribution is -2.22. The third-order valence-corrected chi connectivity index (χ3v) is 3.17. The number of nitriles is 1. The minimum Gasteiger partial charge on any atom is -0.385 e. The zero-order valence-electron chi connectivity index (χ0n) is 10.2. The van der Waals surface area contributed by atoms with E-state index in [2.05, 4.69) is 16.3 Å². The fourth-order valence-corrected chi connectivity index (χ4v) is 2.24. The first-order chi connectivity index (χ1) is 8.38. The zero-order chi connectivity index (χ0) is 11.9. The Hall–Kier alpha value is -1.53. The molecule has 17 heavy (non-hydrogen) atoms. The van der Waals surface area contributed by atoms with Crippen LogP contribution in [0.4, 0.5) is 5.69 Å². The lowest BCUT2D eigenvalue weighted by molar-refractivity contribution is 0.337. The molecule has 0 saturated carbocycles. The van der Waals surface area contributed by atoms with Crippen LogP contribution < -0.4 is 5.32 Å². The van der Waals surface area contributed by atoms with E-state index in [4.69, 9.17) is 5.26 Å². The lowest BCUT2D eigenvalue weighted by Gasteiger charge is -2.14. The van der Waals surface area contributed by atoms with E-state index < -0.39 is 0 Å². The molecular formula is C14H19N3. The summed E-state index contributed by atoms with van der Waals surface area (Å²) < 4.78 is 0. The summed E-state index contributed by atoms with van der Waals surface area (Å²) in [6, 6.07) is 9.81. The van der Waals surface area contributed by atoms with E-state index >= 15 is 0 Å². The molecule has 0 aromatic heterocycles. The van der Waals surface area contributed by atoms with Crippen molar-refractivity contribution in [2.45, 2.75) is 19.3 Å². The van der Waals surface area contributed by atoms with Gasteiger partial charge in [-0.1, -0.05) is 6.07 Å². The third kappa shape index (κ3) is 3.76. The number of anilines is 1. The molecule has 0 unspecified atom stereocenters. The summed E-state index contributed by atoms with van der Waals surface area (Å²) >= 11 is 0. The molecule has 1 N–H and O–H groups in total. The summed E-state index contributed by atoms with van der Waals surface area (Å²) in [6.07, 6.45) is 3.88. The first-order valence-electron chi connectivity index (χ1n) is 6.35. The molecule has 3 nitrogen and oxygen atoms in total. The first-order valence-corrected chi connectivity index (χ1v) is 6.35. The van der Waals surface area contributed by atoms with Gasteiger partial charge in [-0.25, -0.2) is 0 Å². The molecule has 0 radical (unpaired) electrons. The molecule has 1 aliphatic heterocycles. The molecule has 1 heterocycles. The van der Waals surface area contributed by atoms with Crippen LogP contribution in [0.3, 0.4) is 0 Å². The molecular weight excluding hydrogens is 210 g/mol. The molecule has 2 rings (SSSR count). The van der Waals surface area contributed by atoms with Gasteiger partial charge in [-0.2, -0.15) is 5.26 Å². The maximum Gasteiger partial charge on any atom is 0.0992 e. The van der Waals surface area contributed by atoms with Gasteiger partial charge in [0.25, 0.3) is 0 Å². The molecule has 1 aliphatic rings. The van der Waals surface area contributed by atoms with E-state index in [-0.39, 0.29) is 0 Å². The number of hydrogen-bond acceptors (Lipinski definition) is 3. The van der Waals surface area contributed by atoms with E-state index in [0.717, 1.165) is 24.2 Å². The van der Waals surface area contributed by atoms with Gasteiger partial charge in [-0.15, -0.1) is 0 Å². The Labute approximate surface area is 103 Å². The van der Waals surface area contributed by atoms with Crippen molar-refractivity contribution < 1.29 is 0 Å². The van der Waals surface area contributed by atoms with Gasteiger partial charge in [0.05, 0.1) is 11.6 Å². The molecule has 3 heteroatoms. The van der Waals surface area contributed by atoms with E-state index in [1.54, 1.807) is 0 Å². The van der Waals surface area contributed by atoms with E-state index in [1.807, 2.05) is 24.3 Å². The summed E-state index contributed by atoms with van der Waals surface area (Å²) in [6.45, 7) is 4.70. The second-order valence-electron chi connectivity index (χ2n) is 4.52. The predicted molar refractivity (Wildman–Crippen MR) is 69.9 cm³/mol. The standard InChI is InChI=1S/C14H19N3/c15-12-13-5-3-6-14(11-13)16-7-4-10-17-8-1-2-9-17/h3,5-6,11,16H,1-2,4,7-10H2. The fraction of sp³-hybridized carbons (Fsp3) is 0.500. The van der Waals surface area contributed by atoms with Gasteiger partial charge in [0.2, 0.25) is 0 Å². The van der Waals surface area contributed by atoms with Crippen molar-refractivity contribution >= 4 is 5.69 Å². The second kappa shape index (κ2) is 6.27. The maximum atomic E-state index is 8.79. The number of nitrogens with zero attached hydrogens (tertiary/aromatic N) is 2. The Balaban J connectivity index is 1.68. The van der Waals surface area contributed by atoms with Gasteiger partial charge in [0.15, 0.2) is 0 Å². The van der Waals surface area contributed by atoms with Crippen LogP contribution in [0, 0.1) is 11.3 Å². The van der Waals surface area contributed by atoms with Crippen LogP contribution in [-0.2, 0) is 0 Å². The van der Waals surface area contributed by atoms with Crippen LogP contribution in [-0.4, -0.2) is 31.1 Å². The summed E-state index contributed by atoms with van der Waals surface area (Å²) in [4.78, 5) is 2.52. The number of rotatable bonds is 5. The molecule has 0 spiro atoms. The van der Waals surface area contributed by atoms with Crippen molar-refractivity contribution in [2.75, 3.05) is 31.5 Å². The Kier molecular flexibility index (Phi) is 4.40. The summed E-state index contributed by atoms with van der Waals surface area (Å²) in [5.74, 6) is 0. The summed E-state index contributed by atoms with van der Waals surface area (Å²) in [5.41, 5.74) is 1.76. The molecule has 1 aromatic carbocycles. The Morgan fingerprint density at radius 2 is 2.12 bits per heavy atom. The topological polar surface area (TPSA) is 39.1 Å². The summed E-state index contributed by atoms with van der Waals surface area (Å²) in [5, 5.41) is 12.2. The van der Waals surface area contributed by atoms with Crippen LogP contribution in [0.1, 0.15) is 24.8 Å². The highest BCUT2D eigenvalue weighted by Gasteiger charge is 2.09. The molecule has 1 aromatic rings. The van der Waals surface area contributed by atoms with Crippen molar-refractivity contribution in [2.24, 2.45) is 0 Å². The molecule has 90 valence electrons. The van der Waals surface area contributed by atoms with Gasteiger partial charge in [-0.3, -0.25) is 0 Å². The van der Waals surface area contributed by atoms with Crippen LogP contribution in [0.25, 0.3) is 0 Å². The predicted octanol–water partition coefficient (Wildman–Crippen LogP) is 2.46. The number of benzene rings is 1. The Bertz CT molecular complexity index is 389. The molecule has 1 saturated heterocycles. The normalized spacial score (nSPS) is 15.7. The number of nitrogens with one attached hydrogen (secondary N) is 1. The SMILES string of the molecule is N#Cc1cccc(NCCCN2CCCC2)c1. The average molecular weight is 229 g/mol. The highest BCUT2D eigenvalue weighted by molar-refractivity contribution is 5.48. The van der Waals surface area contributed by atoms with E-state index in [9.17, 15) is 0 Å². The zero-order valence-corrected chi connectivity index (χ0v) is 10.2. The fourth-order valence-electron chi connectivity index (χ4n) is 2.24. The van der Waals surface area contributed by atoms with Crippen molar-refractivity contribution in [1.82, 2.24) is 4.90 Å². The van der Waals surface area contributed by atoms with Gasteiger partial charge in [0.1, 0.15) is 0 Å². The van der Waals surface area contributed by atoms with Gasteiger partial charge < -0.3 is 10.2 Å². The minimum absolute atomic E-state index is 0.717. The average Bonchev–Trinajstić information content (AvgIpc) is 2.88. The first kappa shape index (κ1) is 11.9. The smallest absolute Gasteiger partial charge is 0.0992 e. The van der Waals surface area contributed by atoms with Crippen LogP contribution in [0.5, 0.6) is 0 Å². The van der Waals surface area contributed by atoms with Crippen LogP contribution in [0.15, 0.2) is 24.3 Å². The molecule has 0 amide bonds. The quantitative estimate of drug-likeness (QED) is 0.788. The van der Waals surface area contributed by atoms with Gasteiger partial charge >= 0.3 is 0 Å².